The number of hydrazone groups is 1. The highest BCUT2D eigenvalue weighted by Crippen LogP contribution is 2.26. The molecule has 29 heavy (non-hydrogen) atoms. The van der Waals surface area contributed by atoms with E-state index in [0.717, 1.165) is 10.0 Å². The van der Waals surface area contributed by atoms with Gasteiger partial charge in [-0.3, -0.25) is 9.78 Å². The van der Waals surface area contributed by atoms with Gasteiger partial charge in [0.05, 0.1) is 22.5 Å². The molecular weight excluding hydrogens is 434 g/mol. The third-order valence-corrected chi connectivity index (χ3v) is 4.44. The molecular formula is C21H18BrN5O2. The third-order valence-electron chi connectivity index (χ3n) is 3.78. The zero-order valence-corrected chi connectivity index (χ0v) is 17.4. The Balaban J connectivity index is 1.85. The second-order valence-corrected chi connectivity index (χ2v) is 7.20. The summed E-state index contributed by atoms with van der Waals surface area (Å²) >= 11 is 3.45. The van der Waals surface area contributed by atoms with Crippen LogP contribution in [0, 0.1) is 11.3 Å². The molecule has 0 unspecified atom stereocenters. The molecule has 0 radical (unpaired) electrons. The number of benzene rings is 2. The molecule has 7 nitrogen and oxygen atoms in total. The van der Waals surface area contributed by atoms with Gasteiger partial charge >= 0.3 is 0 Å². The smallest absolute Gasteiger partial charge is 0.270 e. The van der Waals surface area contributed by atoms with Crippen LogP contribution in [0.2, 0.25) is 0 Å². The Hall–Kier alpha value is -3.44. The summed E-state index contributed by atoms with van der Waals surface area (Å²) < 4.78 is 6.59. The summed E-state index contributed by atoms with van der Waals surface area (Å²) in [4.78, 5) is 19.1. The van der Waals surface area contributed by atoms with Crippen molar-refractivity contribution < 1.29 is 4.74 Å². The van der Waals surface area contributed by atoms with Gasteiger partial charge in [-0.15, -0.1) is 0 Å². The predicted molar refractivity (Wildman–Crippen MR) is 116 cm³/mol. The summed E-state index contributed by atoms with van der Waals surface area (Å²) in [6.45, 7) is 3.90. The highest BCUT2D eigenvalue weighted by molar-refractivity contribution is 9.10. The molecule has 146 valence electrons. The molecule has 1 aromatic heterocycles. The average Bonchev–Trinajstić information content (AvgIpc) is 2.70. The van der Waals surface area contributed by atoms with Gasteiger partial charge in [-0.05, 0) is 47.5 Å². The zero-order valence-electron chi connectivity index (χ0n) is 15.8. The Morgan fingerprint density at radius 2 is 2.03 bits per heavy atom. The topological polar surface area (TPSA) is 103 Å². The summed E-state index contributed by atoms with van der Waals surface area (Å²) in [5.74, 6) is 0.847. The lowest BCUT2D eigenvalue weighted by molar-refractivity contribution is 0.241. The van der Waals surface area contributed by atoms with Gasteiger partial charge in [-0.25, -0.2) is 10.4 Å². The zero-order chi connectivity index (χ0) is 20.8. The van der Waals surface area contributed by atoms with Crippen molar-refractivity contribution in [2.75, 3.05) is 5.43 Å². The highest BCUT2D eigenvalue weighted by atomic mass is 79.9. The molecule has 0 spiro atoms. The molecule has 2 N–H and O–H groups in total. The fourth-order valence-electron chi connectivity index (χ4n) is 2.55. The maximum Gasteiger partial charge on any atom is 0.270 e. The van der Waals surface area contributed by atoms with Crippen LogP contribution in [0.1, 0.15) is 25.0 Å². The summed E-state index contributed by atoms with van der Waals surface area (Å²) in [5.41, 5.74) is 3.90. The van der Waals surface area contributed by atoms with Gasteiger partial charge in [-0.2, -0.15) is 10.4 Å². The summed E-state index contributed by atoms with van der Waals surface area (Å²) in [6.07, 6.45) is 1.63. The van der Waals surface area contributed by atoms with E-state index in [0.29, 0.717) is 17.0 Å². The van der Waals surface area contributed by atoms with Crippen LogP contribution in [-0.2, 0) is 0 Å². The quantitative estimate of drug-likeness (QED) is 0.429. The maximum atomic E-state index is 12.3. The van der Waals surface area contributed by atoms with E-state index < -0.39 is 5.56 Å². The van der Waals surface area contributed by atoms with Crippen LogP contribution in [0.3, 0.4) is 0 Å². The van der Waals surface area contributed by atoms with E-state index >= 15 is 0 Å². The van der Waals surface area contributed by atoms with Crippen molar-refractivity contribution in [3.05, 3.63) is 74.5 Å². The summed E-state index contributed by atoms with van der Waals surface area (Å²) in [6, 6.07) is 16.5. The van der Waals surface area contributed by atoms with Crippen molar-refractivity contribution in [3.8, 4) is 23.1 Å². The SMILES string of the molecule is CC(C)Oc1cc(C=NNc2nc(-c3ccccc3)c(C#N)c(=O)[nH]2)ccc1Br. The van der Waals surface area contributed by atoms with Crippen molar-refractivity contribution in [1.29, 1.82) is 5.26 Å². The number of hydrogen-bond donors (Lipinski definition) is 2. The first-order valence-electron chi connectivity index (χ1n) is 8.83. The van der Waals surface area contributed by atoms with Gasteiger partial charge in [0.15, 0.2) is 0 Å². The van der Waals surface area contributed by atoms with E-state index in [2.05, 4.69) is 36.4 Å². The van der Waals surface area contributed by atoms with Crippen LogP contribution in [-0.4, -0.2) is 22.3 Å². The minimum atomic E-state index is -0.532. The second-order valence-electron chi connectivity index (χ2n) is 6.34. The van der Waals surface area contributed by atoms with Gasteiger partial charge in [-0.1, -0.05) is 36.4 Å². The van der Waals surface area contributed by atoms with Gasteiger partial charge < -0.3 is 4.74 Å². The van der Waals surface area contributed by atoms with Crippen LogP contribution in [0.4, 0.5) is 5.95 Å². The predicted octanol–water partition coefficient (Wildman–Crippen LogP) is 4.30. The van der Waals surface area contributed by atoms with Gasteiger partial charge in [0, 0.05) is 5.56 Å². The number of nitrogens with one attached hydrogen (secondary N) is 2. The van der Waals surface area contributed by atoms with Crippen molar-refractivity contribution in [2.45, 2.75) is 20.0 Å². The number of rotatable bonds is 6. The molecule has 0 saturated carbocycles. The molecule has 0 fully saturated rings. The van der Waals surface area contributed by atoms with Gasteiger partial charge in [0.2, 0.25) is 5.95 Å². The Labute approximate surface area is 176 Å². The van der Waals surface area contributed by atoms with E-state index in [1.807, 2.05) is 56.3 Å². The van der Waals surface area contributed by atoms with E-state index in [4.69, 9.17) is 4.74 Å². The normalized spacial score (nSPS) is 10.9. The fourth-order valence-corrected chi connectivity index (χ4v) is 2.89. The lowest BCUT2D eigenvalue weighted by Crippen LogP contribution is -2.16. The highest BCUT2D eigenvalue weighted by Gasteiger charge is 2.12. The number of halogens is 1. The number of nitriles is 1. The van der Waals surface area contributed by atoms with Crippen LogP contribution >= 0.6 is 15.9 Å². The molecule has 3 rings (SSSR count). The molecule has 2 aromatic carbocycles. The van der Waals surface area contributed by atoms with E-state index in [-0.39, 0.29) is 17.6 Å². The first-order valence-corrected chi connectivity index (χ1v) is 9.62. The number of anilines is 1. The number of aromatic nitrogens is 2. The van der Waals surface area contributed by atoms with Gasteiger partial charge in [0.1, 0.15) is 17.4 Å². The summed E-state index contributed by atoms with van der Waals surface area (Å²) in [7, 11) is 0. The lowest BCUT2D eigenvalue weighted by atomic mass is 10.1. The number of nitrogens with zero attached hydrogens (tertiary/aromatic N) is 3. The Kier molecular flexibility index (Phi) is 6.42. The van der Waals surface area contributed by atoms with E-state index in [1.54, 1.807) is 18.3 Å². The maximum absolute atomic E-state index is 12.3. The number of H-pyrrole nitrogens is 1. The molecule has 0 atom stereocenters. The van der Waals surface area contributed by atoms with E-state index in [9.17, 15) is 10.1 Å². The average molecular weight is 452 g/mol. The Morgan fingerprint density at radius 3 is 2.72 bits per heavy atom. The molecule has 8 heteroatoms. The van der Waals surface area contributed by atoms with Crippen molar-refractivity contribution in [3.63, 3.8) is 0 Å². The summed E-state index contributed by atoms with van der Waals surface area (Å²) in [5, 5.41) is 13.4. The monoisotopic (exact) mass is 451 g/mol. The van der Waals surface area contributed by atoms with Crippen LogP contribution in [0.15, 0.2) is 62.9 Å². The number of hydrogen-bond acceptors (Lipinski definition) is 6. The Morgan fingerprint density at radius 1 is 1.28 bits per heavy atom. The number of aromatic amines is 1. The molecule has 0 aliphatic carbocycles. The minimum Gasteiger partial charge on any atom is -0.490 e. The molecule has 0 aliphatic rings. The molecule has 0 bridgehead atoms. The van der Waals surface area contributed by atoms with Crippen LogP contribution in [0.25, 0.3) is 11.3 Å². The molecule has 0 aliphatic heterocycles. The van der Waals surface area contributed by atoms with Crippen LogP contribution < -0.4 is 15.7 Å². The first kappa shape index (κ1) is 20.3. The molecule has 3 aromatic rings. The second kappa shape index (κ2) is 9.17. The van der Waals surface area contributed by atoms with Crippen molar-refractivity contribution in [2.24, 2.45) is 5.10 Å². The molecule has 1 heterocycles. The van der Waals surface area contributed by atoms with Crippen molar-refractivity contribution in [1.82, 2.24) is 9.97 Å². The number of ether oxygens (including phenoxy) is 1. The van der Waals surface area contributed by atoms with Gasteiger partial charge in [0.25, 0.3) is 5.56 Å². The van der Waals surface area contributed by atoms with E-state index in [1.165, 1.54) is 0 Å². The minimum absolute atomic E-state index is 0.0425. The Bertz CT molecular complexity index is 1130. The lowest BCUT2D eigenvalue weighted by Gasteiger charge is -2.11. The largest absolute Gasteiger partial charge is 0.490 e. The third kappa shape index (κ3) is 5.09. The van der Waals surface area contributed by atoms with Crippen molar-refractivity contribution >= 4 is 28.1 Å². The van der Waals surface area contributed by atoms with Crippen LogP contribution in [0.5, 0.6) is 5.75 Å². The molecule has 0 amide bonds. The standard InChI is InChI=1S/C21H18BrN5O2/c1-13(2)29-18-10-14(8-9-17(18)22)12-24-27-21-25-19(15-6-4-3-5-7-15)16(11-23)20(28)26-21/h3-10,12-13H,1-2H3,(H2,25,26,27,28). The fraction of sp³-hybridized carbons (Fsp3) is 0.143. The molecule has 0 saturated heterocycles. The first-order chi connectivity index (χ1) is 14.0.